The van der Waals surface area contributed by atoms with Crippen LogP contribution in [-0.4, -0.2) is 61.1 Å². The first kappa shape index (κ1) is 12.3. The number of anilines is 1. The summed E-state index contributed by atoms with van der Waals surface area (Å²) in [6.45, 7) is 1.77. The monoisotopic (exact) mass is 264 g/mol. The van der Waals surface area contributed by atoms with Crippen molar-refractivity contribution in [1.82, 2.24) is 25.1 Å². The Morgan fingerprint density at radius 3 is 2.95 bits per heavy atom. The molecule has 0 unspecified atom stereocenters. The van der Waals surface area contributed by atoms with E-state index in [9.17, 15) is 5.11 Å². The first-order valence-corrected chi connectivity index (χ1v) is 6.13. The first-order chi connectivity index (χ1) is 9.19. The second-order valence-electron chi connectivity index (χ2n) is 4.86. The Kier molecular flexibility index (Phi) is 3.05. The summed E-state index contributed by atoms with van der Waals surface area (Å²) in [4.78, 5) is 10.1. The van der Waals surface area contributed by atoms with Crippen molar-refractivity contribution in [1.29, 1.82) is 0 Å². The van der Waals surface area contributed by atoms with Crippen LogP contribution in [0.5, 0.6) is 0 Å². The van der Waals surface area contributed by atoms with E-state index >= 15 is 0 Å². The third-order valence-electron chi connectivity index (χ3n) is 3.54. The second-order valence-corrected chi connectivity index (χ2v) is 4.86. The Hall–Kier alpha value is -1.77. The average Bonchev–Trinajstić information content (AvgIpc) is 2.95. The molecule has 0 spiro atoms. The fraction of sp³-hybridized carbons (Fsp3) is 0.545. The molecule has 19 heavy (non-hydrogen) atoms. The smallest absolute Gasteiger partial charge is 0.155 e. The van der Waals surface area contributed by atoms with Gasteiger partial charge < -0.3 is 15.9 Å². The highest BCUT2D eigenvalue weighted by atomic mass is 16.3. The summed E-state index contributed by atoms with van der Waals surface area (Å²) in [5.41, 5.74) is 7.83. The van der Waals surface area contributed by atoms with E-state index in [1.807, 2.05) is 0 Å². The van der Waals surface area contributed by atoms with Crippen molar-refractivity contribution in [3.8, 4) is 0 Å². The number of aliphatic hydroxyl groups excluding tert-OH is 2. The third kappa shape index (κ3) is 2.14. The number of nitrogens with one attached hydrogen (secondary N) is 1. The summed E-state index contributed by atoms with van der Waals surface area (Å²) in [6, 6.07) is 0. The van der Waals surface area contributed by atoms with Crippen molar-refractivity contribution < 1.29 is 10.2 Å². The topological polar surface area (TPSA) is 124 Å². The summed E-state index contributed by atoms with van der Waals surface area (Å²) < 4.78 is 0. The first-order valence-electron chi connectivity index (χ1n) is 6.13. The number of nitrogens with two attached hydrogens (primary N) is 1. The van der Waals surface area contributed by atoms with Gasteiger partial charge in [-0.1, -0.05) is 0 Å². The maximum absolute atomic E-state index is 9.77. The van der Waals surface area contributed by atoms with Gasteiger partial charge in [0.2, 0.25) is 0 Å². The minimum absolute atomic E-state index is 0.00346. The molecule has 1 aliphatic heterocycles. The van der Waals surface area contributed by atoms with Crippen LogP contribution in [0.2, 0.25) is 0 Å². The molecule has 3 rings (SSSR count). The summed E-state index contributed by atoms with van der Waals surface area (Å²) in [6.07, 6.45) is 0.922. The number of hydrogen-bond donors (Lipinski definition) is 4. The molecule has 0 aliphatic carbocycles. The van der Waals surface area contributed by atoms with E-state index < -0.39 is 6.10 Å². The lowest BCUT2D eigenvalue weighted by atomic mass is 10.1. The van der Waals surface area contributed by atoms with Gasteiger partial charge in [0.25, 0.3) is 0 Å². The molecule has 2 aromatic rings. The number of aromatic nitrogens is 4. The number of aromatic amines is 1. The molecule has 3 heterocycles. The van der Waals surface area contributed by atoms with E-state index in [1.165, 1.54) is 6.33 Å². The predicted molar refractivity (Wildman–Crippen MR) is 68.0 cm³/mol. The van der Waals surface area contributed by atoms with Crippen molar-refractivity contribution in [2.24, 2.45) is 5.92 Å². The number of H-pyrrole nitrogens is 1. The molecule has 102 valence electrons. The number of rotatable bonds is 3. The molecule has 1 fully saturated rings. The quantitative estimate of drug-likeness (QED) is 0.544. The molecule has 8 heteroatoms. The van der Waals surface area contributed by atoms with E-state index in [2.05, 4.69) is 25.1 Å². The summed E-state index contributed by atoms with van der Waals surface area (Å²) in [5.74, 6) is 0.260. The van der Waals surface area contributed by atoms with Gasteiger partial charge in [-0.2, -0.15) is 5.10 Å². The summed E-state index contributed by atoms with van der Waals surface area (Å²) in [5, 5.41) is 25.9. The van der Waals surface area contributed by atoms with Crippen molar-refractivity contribution in [3.05, 3.63) is 12.0 Å². The molecule has 0 aromatic carbocycles. The fourth-order valence-corrected chi connectivity index (χ4v) is 2.48. The zero-order chi connectivity index (χ0) is 13.4. The molecule has 0 radical (unpaired) electrons. The zero-order valence-electron chi connectivity index (χ0n) is 10.3. The summed E-state index contributed by atoms with van der Waals surface area (Å²) in [7, 11) is 0. The van der Waals surface area contributed by atoms with Crippen LogP contribution >= 0.6 is 0 Å². The van der Waals surface area contributed by atoms with Gasteiger partial charge in [-0.25, -0.2) is 9.97 Å². The van der Waals surface area contributed by atoms with Crippen LogP contribution in [0.25, 0.3) is 11.0 Å². The van der Waals surface area contributed by atoms with Crippen molar-refractivity contribution in [3.63, 3.8) is 0 Å². The number of likely N-dealkylation sites (tertiary alicyclic amines) is 1. The van der Waals surface area contributed by atoms with E-state index in [-0.39, 0.29) is 12.5 Å². The van der Waals surface area contributed by atoms with Crippen LogP contribution in [0, 0.1) is 5.92 Å². The lowest BCUT2D eigenvalue weighted by molar-refractivity contribution is 0.103. The standard InChI is InChI=1S/C11H16N6O2/c12-11-10-9(13-5-14-11)7(15-16-10)2-17-1-6(4-18)8(19)3-17/h5-6,8,18-19H,1-4H2,(H,15,16)(H2,12,13,14)/t6-,8+/m1/s1. The Labute approximate surface area is 109 Å². The van der Waals surface area contributed by atoms with Crippen LogP contribution in [0.3, 0.4) is 0 Å². The van der Waals surface area contributed by atoms with Crippen LogP contribution in [0.4, 0.5) is 5.82 Å². The Morgan fingerprint density at radius 2 is 2.21 bits per heavy atom. The van der Waals surface area contributed by atoms with Crippen LogP contribution in [-0.2, 0) is 6.54 Å². The minimum atomic E-state index is -0.487. The lowest BCUT2D eigenvalue weighted by Crippen LogP contribution is -2.21. The second kappa shape index (κ2) is 4.72. The lowest BCUT2D eigenvalue weighted by Gasteiger charge is -2.13. The highest BCUT2D eigenvalue weighted by molar-refractivity contribution is 5.85. The molecule has 0 saturated carbocycles. The van der Waals surface area contributed by atoms with Crippen LogP contribution in [0.1, 0.15) is 5.69 Å². The van der Waals surface area contributed by atoms with E-state index in [0.717, 1.165) is 5.69 Å². The van der Waals surface area contributed by atoms with E-state index in [0.29, 0.717) is 36.5 Å². The molecule has 2 atom stereocenters. The third-order valence-corrected chi connectivity index (χ3v) is 3.54. The molecule has 5 N–H and O–H groups in total. The molecule has 1 saturated heterocycles. The molecule has 0 bridgehead atoms. The van der Waals surface area contributed by atoms with Crippen LogP contribution < -0.4 is 5.73 Å². The van der Waals surface area contributed by atoms with Gasteiger partial charge >= 0.3 is 0 Å². The zero-order valence-corrected chi connectivity index (χ0v) is 10.3. The molecule has 2 aromatic heterocycles. The number of fused-ring (bicyclic) bond motifs is 1. The maximum Gasteiger partial charge on any atom is 0.155 e. The number of nitrogens with zero attached hydrogens (tertiary/aromatic N) is 4. The molecular formula is C11H16N6O2. The normalized spacial score (nSPS) is 24.3. The Morgan fingerprint density at radius 1 is 1.37 bits per heavy atom. The number of nitrogen functional groups attached to an aromatic ring is 1. The predicted octanol–water partition coefficient (Wildman–Crippen LogP) is -1.28. The highest BCUT2D eigenvalue weighted by Gasteiger charge is 2.31. The number of β-amino-alcohol motifs (C(OH)–C–C–N with tert-alkyl or cyclic N) is 1. The van der Waals surface area contributed by atoms with Gasteiger partial charge in [0.1, 0.15) is 11.8 Å². The molecular weight excluding hydrogens is 248 g/mol. The molecule has 1 aliphatic rings. The average molecular weight is 264 g/mol. The number of aliphatic hydroxyl groups is 2. The number of hydrogen-bond acceptors (Lipinski definition) is 7. The van der Waals surface area contributed by atoms with Gasteiger partial charge in [-0.3, -0.25) is 10.00 Å². The van der Waals surface area contributed by atoms with Crippen LogP contribution in [0.15, 0.2) is 6.33 Å². The minimum Gasteiger partial charge on any atom is -0.396 e. The van der Waals surface area contributed by atoms with Gasteiger partial charge in [0, 0.05) is 32.2 Å². The van der Waals surface area contributed by atoms with Crippen molar-refractivity contribution in [2.75, 3.05) is 25.4 Å². The van der Waals surface area contributed by atoms with Gasteiger partial charge in [0.15, 0.2) is 11.3 Å². The van der Waals surface area contributed by atoms with E-state index in [1.54, 1.807) is 0 Å². The summed E-state index contributed by atoms with van der Waals surface area (Å²) >= 11 is 0. The molecule has 0 amide bonds. The Bertz CT molecular complexity index is 586. The SMILES string of the molecule is Nc1ncnc2c(CN3C[C@H](CO)[C@@H](O)C3)[nH]nc12. The maximum atomic E-state index is 9.77. The van der Waals surface area contributed by atoms with E-state index in [4.69, 9.17) is 10.8 Å². The fourth-order valence-electron chi connectivity index (χ4n) is 2.48. The van der Waals surface area contributed by atoms with Crippen molar-refractivity contribution >= 4 is 16.9 Å². The highest BCUT2D eigenvalue weighted by Crippen LogP contribution is 2.22. The van der Waals surface area contributed by atoms with Crippen molar-refractivity contribution in [2.45, 2.75) is 12.6 Å². The largest absolute Gasteiger partial charge is 0.396 e. The Balaban J connectivity index is 1.81. The molecule has 8 nitrogen and oxygen atoms in total. The van der Waals surface area contributed by atoms with Gasteiger partial charge in [-0.15, -0.1) is 0 Å². The van der Waals surface area contributed by atoms with Gasteiger partial charge in [-0.05, 0) is 0 Å². The van der Waals surface area contributed by atoms with Gasteiger partial charge in [0.05, 0.1) is 11.8 Å².